The quantitative estimate of drug-likeness (QED) is 0.801. The number of hydrogen-bond acceptors (Lipinski definition) is 4. The van der Waals surface area contributed by atoms with E-state index in [2.05, 4.69) is 5.32 Å². The van der Waals surface area contributed by atoms with Crippen LogP contribution in [-0.4, -0.2) is 39.3 Å². The predicted molar refractivity (Wildman–Crippen MR) is 97.2 cm³/mol. The van der Waals surface area contributed by atoms with Gasteiger partial charge in [-0.1, -0.05) is 18.2 Å². The zero-order valence-corrected chi connectivity index (χ0v) is 15.6. The minimum Gasteiger partial charge on any atom is -0.492 e. The second kappa shape index (κ2) is 8.29. The SMILES string of the molecule is CCOc1ccc(NC(=O)Cc2ccccc2F)cc1S(=O)(=O)N(C)C. The first-order valence-corrected chi connectivity index (χ1v) is 9.42. The lowest BCUT2D eigenvalue weighted by atomic mass is 10.1. The maximum Gasteiger partial charge on any atom is 0.246 e. The molecule has 6 nitrogen and oxygen atoms in total. The van der Waals surface area contributed by atoms with Crippen LogP contribution in [0.5, 0.6) is 5.75 Å². The van der Waals surface area contributed by atoms with E-state index in [1.807, 2.05) is 0 Å². The van der Waals surface area contributed by atoms with E-state index in [9.17, 15) is 17.6 Å². The highest BCUT2D eigenvalue weighted by Gasteiger charge is 2.23. The third-order valence-electron chi connectivity index (χ3n) is 3.59. The zero-order valence-electron chi connectivity index (χ0n) is 14.8. The molecule has 1 N–H and O–H groups in total. The molecule has 0 unspecified atom stereocenters. The van der Waals surface area contributed by atoms with E-state index in [4.69, 9.17) is 4.74 Å². The van der Waals surface area contributed by atoms with Crippen LogP contribution in [0.25, 0.3) is 0 Å². The van der Waals surface area contributed by atoms with Crippen molar-refractivity contribution in [2.24, 2.45) is 0 Å². The van der Waals surface area contributed by atoms with Gasteiger partial charge < -0.3 is 10.1 Å². The fourth-order valence-electron chi connectivity index (χ4n) is 2.28. The molecule has 0 aliphatic heterocycles. The summed E-state index contributed by atoms with van der Waals surface area (Å²) >= 11 is 0. The van der Waals surface area contributed by atoms with Gasteiger partial charge in [-0.3, -0.25) is 4.79 Å². The number of carbonyl (C=O) groups excluding carboxylic acids is 1. The van der Waals surface area contributed by atoms with Crippen molar-refractivity contribution < 1.29 is 22.3 Å². The molecule has 0 saturated heterocycles. The number of ether oxygens (including phenoxy) is 1. The summed E-state index contributed by atoms with van der Waals surface area (Å²) in [6.45, 7) is 2.05. The number of carbonyl (C=O) groups is 1. The van der Waals surface area contributed by atoms with Gasteiger partial charge in [0.2, 0.25) is 15.9 Å². The number of anilines is 1. The first-order chi connectivity index (χ1) is 12.3. The number of rotatable bonds is 7. The molecule has 0 spiro atoms. The van der Waals surface area contributed by atoms with E-state index >= 15 is 0 Å². The third kappa shape index (κ3) is 4.59. The minimum absolute atomic E-state index is 0.0481. The zero-order chi connectivity index (χ0) is 19.3. The smallest absolute Gasteiger partial charge is 0.246 e. The number of halogens is 1. The van der Waals surface area contributed by atoms with Gasteiger partial charge in [0, 0.05) is 19.8 Å². The Morgan fingerprint density at radius 2 is 1.88 bits per heavy atom. The number of nitrogens with one attached hydrogen (secondary N) is 1. The first kappa shape index (κ1) is 19.9. The largest absolute Gasteiger partial charge is 0.492 e. The Morgan fingerprint density at radius 3 is 2.50 bits per heavy atom. The maximum atomic E-state index is 13.7. The number of sulfonamides is 1. The molecular formula is C18H21FN2O4S. The molecule has 0 bridgehead atoms. The van der Waals surface area contributed by atoms with Gasteiger partial charge in [-0.25, -0.2) is 17.1 Å². The molecule has 0 fully saturated rings. The molecule has 2 rings (SSSR count). The third-order valence-corrected chi connectivity index (χ3v) is 5.43. The first-order valence-electron chi connectivity index (χ1n) is 7.98. The Bertz CT molecular complexity index is 898. The second-order valence-electron chi connectivity index (χ2n) is 5.70. The van der Waals surface area contributed by atoms with Gasteiger partial charge in [0.15, 0.2) is 0 Å². The number of hydrogen-bond donors (Lipinski definition) is 1. The average Bonchev–Trinajstić information content (AvgIpc) is 2.58. The minimum atomic E-state index is -3.76. The summed E-state index contributed by atoms with van der Waals surface area (Å²) in [7, 11) is -0.934. The summed E-state index contributed by atoms with van der Waals surface area (Å²) < 4.78 is 45.1. The highest BCUT2D eigenvalue weighted by atomic mass is 32.2. The van der Waals surface area contributed by atoms with Gasteiger partial charge >= 0.3 is 0 Å². The van der Waals surface area contributed by atoms with Crippen LogP contribution in [0.15, 0.2) is 47.4 Å². The molecule has 0 aromatic heterocycles. The number of nitrogens with zero attached hydrogens (tertiary/aromatic N) is 1. The number of amides is 1. The van der Waals surface area contributed by atoms with E-state index in [1.165, 1.54) is 38.4 Å². The summed E-state index contributed by atoms with van der Waals surface area (Å²) in [5, 5.41) is 2.59. The van der Waals surface area contributed by atoms with Crippen molar-refractivity contribution in [3.05, 3.63) is 53.8 Å². The van der Waals surface area contributed by atoms with Crippen LogP contribution in [0.3, 0.4) is 0 Å². The van der Waals surface area contributed by atoms with E-state index in [0.717, 1.165) is 4.31 Å². The molecule has 0 saturated carbocycles. The van der Waals surface area contributed by atoms with E-state index in [-0.39, 0.29) is 28.3 Å². The van der Waals surface area contributed by atoms with Crippen LogP contribution in [0.2, 0.25) is 0 Å². The van der Waals surface area contributed by atoms with Crippen LogP contribution in [-0.2, 0) is 21.2 Å². The molecule has 2 aromatic rings. The summed E-state index contributed by atoms with van der Waals surface area (Å²) in [5.41, 5.74) is 0.548. The maximum absolute atomic E-state index is 13.7. The highest BCUT2D eigenvalue weighted by Crippen LogP contribution is 2.29. The van der Waals surface area contributed by atoms with Crippen molar-refractivity contribution in [2.45, 2.75) is 18.2 Å². The fraction of sp³-hybridized carbons (Fsp3) is 0.278. The van der Waals surface area contributed by atoms with Gasteiger partial charge in [-0.15, -0.1) is 0 Å². The molecule has 2 aromatic carbocycles. The summed E-state index contributed by atoms with van der Waals surface area (Å²) in [4.78, 5) is 12.1. The lowest BCUT2D eigenvalue weighted by Gasteiger charge is -2.16. The highest BCUT2D eigenvalue weighted by molar-refractivity contribution is 7.89. The molecule has 8 heteroatoms. The van der Waals surface area contributed by atoms with Crippen LogP contribution in [0, 0.1) is 5.82 Å². The van der Waals surface area contributed by atoms with Gasteiger partial charge in [-0.2, -0.15) is 0 Å². The van der Waals surface area contributed by atoms with E-state index < -0.39 is 21.7 Å². The lowest BCUT2D eigenvalue weighted by molar-refractivity contribution is -0.115. The fourth-order valence-corrected chi connectivity index (χ4v) is 3.33. The Hall–Kier alpha value is -2.45. The van der Waals surface area contributed by atoms with Crippen molar-refractivity contribution in [2.75, 3.05) is 26.0 Å². The topological polar surface area (TPSA) is 75.7 Å². The predicted octanol–water partition coefficient (Wildman–Crippen LogP) is 2.66. The monoisotopic (exact) mass is 380 g/mol. The van der Waals surface area contributed by atoms with Gasteiger partial charge in [0.25, 0.3) is 0 Å². The Balaban J connectivity index is 2.27. The normalized spacial score (nSPS) is 11.4. The van der Waals surface area contributed by atoms with Gasteiger partial charge in [0.1, 0.15) is 16.5 Å². The van der Waals surface area contributed by atoms with Crippen LogP contribution >= 0.6 is 0 Å². The Kier molecular flexibility index (Phi) is 6.33. The molecule has 0 heterocycles. The molecular weight excluding hydrogens is 359 g/mol. The molecule has 1 amide bonds. The van der Waals surface area contributed by atoms with Crippen LogP contribution < -0.4 is 10.1 Å². The van der Waals surface area contributed by atoms with Crippen molar-refractivity contribution >= 4 is 21.6 Å². The van der Waals surface area contributed by atoms with Crippen LogP contribution in [0.1, 0.15) is 12.5 Å². The second-order valence-corrected chi connectivity index (χ2v) is 7.82. The van der Waals surface area contributed by atoms with Crippen molar-refractivity contribution in [3.8, 4) is 5.75 Å². The molecule has 26 heavy (non-hydrogen) atoms. The summed E-state index contributed by atoms with van der Waals surface area (Å²) in [5.74, 6) is -0.717. The van der Waals surface area contributed by atoms with Crippen LogP contribution in [0.4, 0.5) is 10.1 Å². The van der Waals surface area contributed by atoms with Crippen molar-refractivity contribution in [3.63, 3.8) is 0 Å². The summed E-state index contributed by atoms with van der Waals surface area (Å²) in [6.07, 6.45) is -0.157. The molecule has 0 radical (unpaired) electrons. The van der Waals surface area contributed by atoms with E-state index in [0.29, 0.717) is 6.61 Å². The van der Waals surface area contributed by atoms with Crippen molar-refractivity contribution in [1.82, 2.24) is 4.31 Å². The van der Waals surface area contributed by atoms with Gasteiger partial charge in [0.05, 0.1) is 13.0 Å². The molecule has 140 valence electrons. The molecule has 0 aliphatic rings. The Morgan fingerprint density at radius 1 is 1.19 bits per heavy atom. The van der Waals surface area contributed by atoms with E-state index in [1.54, 1.807) is 25.1 Å². The average molecular weight is 380 g/mol. The molecule has 0 atom stereocenters. The number of benzene rings is 2. The summed E-state index contributed by atoms with van der Waals surface area (Å²) in [6, 6.07) is 10.3. The lowest BCUT2D eigenvalue weighted by Crippen LogP contribution is -2.23. The Labute approximate surface area is 152 Å². The molecule has 0 aliphatic carbocycles. The standard InChI is InChI=1S/C18H21FN2O4S/c1-4-25-16-10-9-14(12-17(16)26(23,24)21(2)3)20-18(22)11-13-7-5-6-8-15(13)19/h5-10,12H,4,11H2,1-3H3,(H,20,22). The van der Waals surface area contributed by atoms with Crippen molar-refractivity contribution in [1.29, 1.82) is 0 Å². The van der Waals surface area contributed by atoms with Gasteiger partial charge in [-0.05, 0) is 36.8 Å².